The molecule has 8 heteroatoms. The molecule has 178 valence electrons. The largest absolute Gasteiger partial charge is 0.491 e. The van der Waals surface area contributed by atoms with Crippen molar-refractivity contribution in [2.45, 2.75) is 35.2 Å². The molecular formula is C24H30Br4O4. The lowest BCUT2D eigenvalue weighted by Crippen LogP contribution is -2.14. The monoisotopic (exact) mass is 698 g/mol. The lowest BCUT2D eigenvalue weighted by atomic mass is 10.1. The topological polar surface area (TPSA) is 36.9 Å². The number of alkyl halides is 4. The second kappa shape index (κ2) is 15.7. The Morgan fingerprint density at radius 3 is 1.06 bits per heavy atom. The highest BCUT2D eigenvalue weighted by Crippen LogP contribution is 2.30. The maximum atomic E-state index is 6.00. The van der Waals surface area contributed by atoms with Crippen LogP contribution in [0.5, 0.6) is 11.5 Å². The van der Waals surface area contributed by atoms with Crippen LogP contribution in [-0.2, 0) is 30.8 Å². The molecule has 2 rings (SSSR count). The third kappa shape index (κ3) is 8.91. The fourth-order valence-corrected chi connectivity index (χ4v) is 5.02. The van der Waals surface area contributed by atoms with Crippen molar-refractivity contribution in [3.05, 3.63) is 57.6 Å². The van der Waals surface area contributed by atoms with Crippen molar-refractivity contribution in [1.29, 1.82) is 0 Å². The molecule has 0 N–H and O–H groups in total. The van der Waals surface area contributed by atoms with E-state index in [1.54, 1.807) is 0 Å². The molecule has 0 aliphatic carbocycles. The summed E-state index contributed by atoms with van der Waals surface area (Å²) in [4.78, 5) is 0. The van der Waals surface area contributed by atoms with Crippen molar-refractivity contribution in [3.8, 4) is 11.5 Å². The first-order valence-electron chi connectivity index (χ1n) is 10.4. The van der Waals surface area contributed by atoms with Crippen LogP contribution >= 0.6 is 63.7 Å². The summed E-state index contributed by atoms with van der Waals surface area (Å²) in [6, 6.07) is 8.58. The second-order valence-electron chi connectivity index (χ2n) is 7.28. The molecule has 0 spiro atoms. The van der Waals surface area contributed by atoms with Gasteiger partial charge in [-0.2, -0.15) is 0 Å². The number of benzene rings is 2. The van der Waals surface area contributed by atoms with Gasteiger partial charge in [-0.15, -0.1) is 0 Å². The average Bonchev–Trinajstić information content (AvgIpc) is 2.80. The highest BCUT2D eigenvalue weighted by atomic mass is 79.9. The number of halogens is 4. The first kappa shape index (κ1) is 28.1. The molecule has 2 aromatic carbocycles. The SMILES string of the molecule is Cc1cc(CBr)c(OCCOCCOCCOc2c(CBr)cc(C)cc2CBr)c(CBr)c1. The Balaban J connectivity index is 1.63. The maximum Gasteiger partial charge on any atom is 0.127 e. The van der Waals surface area contributed by atoms with Gasteiger partial charge < -0.3 is 18.9 Å². The highest BCUT2D eigenvalue weighted by molar-refractivity contribution is 9.09. The summed E-state index contributed by atoms with van der Waals surface area (Å²) in [5.74, 6) is 1.87. The van der Waals surface area contributed by atoms with Gasteiger partial charge in [0.25, 0.3) is 0 Å². The van der Waals surface area contributed by atoms with E-state index < -0.39 is 0 Å². The highest BCUT2D eigenvalue weighted by Gasteiger charge is 2.11. The Kier molecular flexibility index (Phi) is 13.8. The number of rotatable bonds is 15. The Hall–Kier alpha value is -0.120. The van der Waals surface area contributed by atoms with E-state index in [1.165, 1.54) is 11.1 Å². The summed E-state index contributed by atoms with van der Waals surface area (Å²) in [6.07, 6.45) is 0. The fraction of sp³-hybridized carbons (Fsp3) is 0.500. The zero-order chi connectivity index (χ0) is 23.3. The normalized spacial score (nSPS) is 11.1. The molecule has 4 nitrogen and oxygen atoms in total. The summed E-state index contributed by atoms with van der Waals surface area (Å²) >= 11 is 14.2. The van der Waals surface area contributed by atoms with E-state index in [2.05, 4.69) is 102 Å². The maximum absolute atomic E-state index is 6.00. The van der Waals surface area contributed by atoms with Gasteiger partial charge in [-0.1, -0.05) is 99.1 Å². The summed E-state index contributed by atoms with van der Waals surface area (Å²) in [6.45, 7) is 7.29. The van der Waals surface area contributed by atoms with E-state index in [0.29, 0.717) is 39.6 Å². The Bertz CT molecular complexity index is 725. The van der Waals surface area contributed by atoms with Crippen LogP contribution in [0.4, 0.5) is 0 Å². The van der Waals surface area contributed by atoms with Crippen LogP contribution in [0.3, 0.4) is 0 Å². The van der Waals surface area contributed by atoms with E-state index in [9.17, 15) is 0 Å². The minimum Gasteiger partial charge on any atom is -0.491 e. The van der Waals surface area contributed by atoms with Gasteiger partial charge in [-0.25, -0.2) is 0 Å². The molecule has 0 bridgehead atoms. The van der Waals surface area contributed by atoms with Gasteiger partial charge in [0.15, 0.2) is 0 Å². The molecule has 32 heavy (non-hydrogen) atoms. The predicted molar refractivity (Wildman–Crippen MR) is 146 cm³/mol. The minimum atomic E-state index is 0.504. The second-order valence-corrected chi connectivity index (χ2v) is 9.52. The molecule has 0 saturated heterocycles. The number of aryl methyl sites for hydroxylation is 2. The fourth-order valence-electron chi connectivity index (χ4n) is 3.35. The van der Waals surface area contributed by atoms with E-state index in [1.807, 2.05) is 0 Å². The van der Waals surface area contributed by atoms with Crippen LogP contribution in [0.25, 0.3) is 0 Å². The summed E-state index contributed by atoms with van der Waals surface area (Å²) in [5, 5.41) is 3.05. The Morgan fingerprint density at radius 2 is 0.781 bits per heavy atom. The molecule has 0 saturated carbocycles. The first-order valence-corrected chi connectivity index (χ1v) is 14.9. The van der Waals surface area contributed by atoms with E-state index in [0.717, 1.165) is 55.1 Å². The molecule has 0 radical (unpaired) electrons. The summed E-state index contributed by atoms with van der Waals surface area (Å²) < 4.78 is 23.3. The zero-order valence-electron chi connectivity index (χ0n) is 18.5. The van der Waals surface area contributed by atoms with E-state index in [-0.39, 0.29) is 0 Å². The van der Waals surface area contributed by atoms with E-state index in [4.69, 9.17) is 18.9 Å². The molecule has 2 aromatic rings. The standard InChI is InChI=1S/C24H30Br4O4/c1-17-9-19(13-25)23(20(10-17)14-26)31-7-5-29-3-4-30-6-8-32-24-21(15-27)11-18(2)12-22(24)16-28/h9-12H,3-8,13-16H2,1-2H3. The van der Waals surface area contributed by atoms with Crippen LogP contribution in [0.1, 0.15) is 33.4 Å². The van der Waals surface area contributed by atoms with Gasteiger partial charge >= 0.3 is 0 Å². The third-order valence-corrected chi connectivity index (χ3v) is 7.09. The van der Waals surface area contributed by atoms with Gasteiger partial charge in [0.05, 0.1) is 26.4 Å². The van der Waals surface area contributed by atoms with Crippen LogP contribution in [0.2, 0.25) is 0 Å². The molecular weight excluding hydrogens is 672 g/mol. The molecule has 0 unspecified atom stereocenters. The van der Waals surface area contributed by atoms with Crippen molar-refractivity contribution in [2.24, 2.45) is 0 Å². The molecule has 0 atom stereocenters. The molecule has 0 aliphatic heterocycles. The number of hydrogen-bond acceptors (Lipinski definition) is 4. The van der Waals surface area contributed by atoms with Gasteiger partial charge in [0, 0.05) is 43.6 Å². The Labute approximate surface area is 225 Å². The smallest absolute Gasteiger partial charge is 0.127 e. The molecule has 0 amide bonds. The predicted octanol–water partition coefficient (Wildman–Crippen LogP) is 7.37. The molecule has 0 aliphatic rings. The van der Waals surface area contributed by atoms with Gasteiger partial charge in [-0.05, 0) is 13.8 Å². The lowest BCUT2D eigenvalue weighted by Gasteiger charge is -2.16. The minimum absolute atomic E-state index is 0.504. The van der Waals surface area contributed by atoms with Crippen molar-refractivity contribution < 1.29 is 18.9 Å². The van der Waals surface area contributed by atoms with Crippen molar-refractivity contribution in [1.82, 2.24) is 0 Å². The average molecular weight is 702 g/mol. The number of hydrogen-bond donors (Lipinski definition) is 0. The van der Waals surface area contributed by atoms with Crippen molar-refractivity contribution >= 4 is 63.7 Å². The first-order chi connectivity index (χ1) is 15.5. The summed E-state index contributed by atoms with van der Waals surface area (Å²) in [5.41, 5.74) is 7.08. The number of ether oxygens (including phenoxy) is 4. The third-order valence-electron chi connectivity index (χ3n) is 4.67. The van der Waals surface area contributed by atoms with Crippen LogP contribution in [-0.4, -0.2) is 39.6 Å². The van der Waals surface area contributed by atoms with Gasteiger partial charge in [0.1, 0.15) is 24.7 Å². The van der Waals surface area contributed by atoms with Crippen LogP contribution < -0.4 is 9.47 Å². The van der Waals surface area contributed by atoms with Gasteiger partial charge in [-0.3, -0.25) is 0 Å². The van der Waals surface area contributed by atoms with Crippen molar-refractivity contribution in [2.75, 3.05) is 39.6 Å². The molecule has 0 heterocycles. The van der Waals surface area contributed by atoms with Crippen molar-refractivity contribution in [3.63, 3.8) is 0 Å². The lowest BCUT2D eigenvalue weighted by molar-refractivity contribution is 0.0271. The quantitative estimate of drug-likeness (QED) is 0.144. The Morgan fingerprint density at radius 1 is 0.500 bits per heavy atom. The van der Waals surface area contributed by atoms with Crippen LogP contribution in [0, 0.1) is 13.8 Å². The summed E-state index contributed by atoms with van der Waals surface area (Å²) in [7, 11) is 0. The molecule has 0 fully saturated rings. The molecule has 0 aromatic heterocycles. The van der Waals surface area contributed by atoms with Crippen LogP contribution in [0.15, 0.2) is 24.3 Å². The van der Waals surface area contributed by atoms with E-state index >= 15 is 0 Å². The zero-order valence-corrected chi connectivity index (χ0v) is 24.9. The van der Waals surface area contributed by atoms with Gasteiger partial charge in [0.2, 0.25) is 0 Å².